The Morgan fingerprint density at radius 2 is 1.89 bits per heavy atom. The van der Waals surface area contributed by atoms with E-state index in [4.69, 9.17) is 0 Å². The normalized spacial score (nSPS) is 17.8. The van der Waals surface area contributed by atoms with E-state index >= 15 is 0 Å². The van der Waals surface area contributed by atoms with Crippen molar-refractivity contribution in [2.75, 3.05) is 22.9 Å². The SMILES string of the molecule is CN1C(=O)C(C)(C)c2cc(NS(C)(=O)=O)ccc21. The van der Waals surface area contributed by atoms with Crippen molar-refractivity contribution in [3.63, 3.8) is 0 Å². The number of carbonyl (C=O) groups excluding carboxylic acids is 1. The van der Waals surface area contributed by atoms with Crippen LogP contribution in [0.3, 0.4) is 0 Å². The molecule has 1 N–H and O–H groups in total. The number of benzene rings is 1. The van der Waals surface area contributed by atoms with E-state index in [2.05, 4.69) is 4.72 Å². The smallest absolute Gasteiger partial charge is 0.236 e. The van der Waals surface area contributed by atoms with Gasteiger partial charge in [-0.15, -0.1) is 0 Å². The highest BCUT2D eigenvalue weighted by Crippen LogP contribution is 2.41. The molecular formula is C12H16N2O3S. The standard InChI is InChI=1S/C12H16N2O3S/c1-12(2)9-7-8(13-18(4,16)17)5-6-10(9)14(3)11(12)15/h5-7,13H,1-4H3. The number of nitrogens with zero attached hydrogens (tertiary/aromatic N) is 1. The highest BCUT2D eigenvalue weighted by molar-refractivity contribution is 7.92. The summed E-state index contributed by atoms with van der Waals surface area (Å²) < 4.78 is 24.8. The Labute approximate surface area is 107 Å². The average Bonchev–Trinajstić information content (AvgIpc) is 2.39. The number of nitrogens with one attached hydrogen (secondary N) is 1. The van der Waals surface area contributed by atoms with Crippen LogP contribution >= 0.6 is 0 Å². The molecule has 18 heavy (non-hydrogen) atoms. The molecule has 0 saturated heterocycles. The van der Waals surface area contributed by atoms with Gasteiger partial charge in [-0.1, -0.05) is 0 Å². The summed E-state index contributed by atoms with van der Waals surface area (Å²) in [6.07, 6.45) is 1.10. The number of sulfonamides is 1. The summed E-state index contributed by atoms with van der Waals surface area (Å²) in [6, 6.07) is 5.14. The molecule has 0 unspecified atom stereocenters. The molecule has 0 aliphatic carbocycles. The van der Waals surface area contributed by atoms with Crippen LogP contribution in [0.4, 0.5) is 11.4 Å². The zero-order valence-corrected chi connectivity index (χ0v) is 11.6. The highest BCUT2D eigenvalue weighted by Gasteiger charge is 2.42. The summed E-state index contributed by atoms with van der Waals surface area (Å²) in [4.78, 5) is 13.7. The van der Waals surface area contributed by atoms with Crippen LogP contribution in [0.25, 0.3) is 0 Å². The monoisotopic (exact) mass is 268 g/mol. The summed E-state index contributed by atoms with van der Waals surface area (Å²) in [5.74, 6) is 0.00834. The fourth-order valence-electron chi connectivity index (χ4n) is 2.25. The number of amides is 1. The first kappa shape index (κ1) is 12.9. The van der Waals surface area contributed by atoms with Crippen LogP contribution in [0.2, 0.25) is 0 Å². The number of fused-ring (bicyclic) bond motifs is 1. The largest absolute Gasteiger partial charge is 0.314 e. The first-order valence-electron chi connectivity index (χ1n) is 5.53. The number of anilines is 2. The number of hydrogen-bond donors (Lipinski definition) is 1. The number of likely N-dealkylation sites (N-methyl/N-ethyl adjacent to an activating group) is 1. The van der Waals surface area contributed by atoms with E-state index in [-0.39, 0.29) is 5.91 Å². The molecule has 98 valence electrons. The molecule has 0 bridgehead atoms. The minimum absolute atomic E-state index is 0.00834. The molecule has 2 rings (SSSR count). The summed E-state index contributed by atoms with van der Waals surface area (Å²) in [7, 11) is -1.59. The number of rotatable bonds is 2. The van der Waals surface area contributed by atoms with E-state index in [1.807, 2.05) is 13.8 Å². The minimum atomic E-state index is -3.31. The Bertz CT molecular complexity index is 620. The van der Waals surface area contributed by atoms with Crippen molar-refractivity contribution in [2.45, 2.75) is 19.3 Å². The van der Waals surface area contributed by atoms with Gasteiger partial charge in [-0.05, 0) is 37.6 Å². The quantitative estimate of drug-likeness (QED) is 0.879. The third-order valence-electron chi connectivity index (χ3n) is 3.17. The second-order valence-corrected chi connectivity index (χ2v) is 6.84. The van der Waals surface area contributed by atoms with E-state index < -0.39 is 15.4 Å². The lowest BCUT2D eigenvalue weighted by molar-refractivity contribution is -0.121. The summed E-state index contributed by atoms with van der Waals surface area (Å²) in [6.45, 7) is 3.67. The van der Waals surface area contributed by atoms with E-state index in [0.717, 1.165) is 17.5 Å². The Morgan fingerprint density at radius 1 is 1.28 bits per heavy atom. The Morgan fingerprint density at radius 3 is 2.44 bits per heavy atom. The molecule has 1 aromatic rings. The molecule has 5 nitrogen and oxygen atoms in total. The molecule has 0 fully saturated rings. The van der Waals surface area contributed by atoms with Crippen molar-refractivity contribution in [1.29, 1.82) is 0 Å². The fraction of sp³-hybridized carbons (Fsp3) is 0.417. The predicted octanol–water partition coefficient (Wildman–Crippen LogP) is 1.31. The van der Waals surface area contributed by atoms with Gasteiger partial charge in [-0.25, -0.2) is 8.42 Å². The Hall–Kier alpha value is -1.56. The highest BCUT2D eigenvalue weighted by atomic mass is 32.2. The van der Waals surface area contributed by atoms with Gasteiger partial charge in [0.15, 0.2) is 0 Å². The number of carbonyl (C=O) groups is 1. The zero-order chi connectivity index (χ0) is 13.7. The molecule has 0 radical (unpaired) electrons. The summed E-state index contributed by atoms with van der Waals surface area (Å²) in [5, 5.41) is 0. The van der Waals surface area contributed by atoms with Crippen LogP contribution in [-0.4, -0.2) is 27.6 Å². The molecule has 1 aliphatic rings. The van der Waals surface area contributed by atoms with Gasteiger partial charge < -0.3 is 4.90 Å². The van der Waals surface area contributed by atoms with Crippen molar-refractivity contribution >= 4 is 27.3 Å². The second-order valence-electron chi connectivity index (χ2n) is 5.10. The van der Waals surface area contributed by atoms with Gasteiger partial charge in [0, 0.05) is 18.4 Å². The lowest BCUT2D eigenvalue weighted by Gasteiger charge is -2.16. The molecule has 0 saturated carbocycles. The van der Waals surface area contributed by atoms with Gasteiger partial charge in [0.25, 0.3) is 0 Å². The molecule has 1 heterocycles. The van der Waals surface area contributed by atoms with Crippen molar-refractivity contribution in [2.24, 2.45) is 0 Å². The molecule has 0 atom stereocenters. The van der Waals surface area contributed by atoms with Crippen molar-refractivity contribution < 1.29 is 13.2 Å². The molecule has 6 heteroatoms. The Balaban J connectivity index is 2.52. The maximum absolute atomic E-state index is 12.1. The zero-order valence-electron chi connectivity index (χ0n) is 10.8. The molecule has 0 spiro atoms. The number of hydrogen-bond acceptors (Lipinski definition) is 3. The van der Waals surface area contributed by atoms with Crippen LogP contribution in [0.1, 0.15) is 19.4 Å². The van der Waals surface area contributed by atoms with Gasteiger partial charge in [0.2, 0.25) is 15.9 Å². The van der Waals surface area contributed by atoms with Crippen LogP contribution in [0.5, 0.6) is 0 Å². The second kappa shape index (κ2) is 3.71. The lowest BCUT2D eigenvalue weighted by Crippen LogP contribution is -2.33. The van der Waals surface area contributed by atoms with Crippen molar-refractivity contribution in [3.05, 3.63) is 23.8 Å². The molecule has 1 aliphatic heterocycles. The molecule has 1 aromatic carbocycles. The van der Waals surface area contributed by atoms with Crippen molar-refractivity contribution in [3.8, 4) is 0 Å². The van der Waals surface area contributed by atoms with E-state index in [9.17, 15) is 13.2 Å². The van der Waals surface area contributed by atoms with E-state index in [0.29, 0.717) is 5.69 Å². The van der Waals surface area contributed by atoms with Gasteiger partial charge in [-0.3, -0.25) is 9.52 Å². The summed E-state index contributed by atoms with van der Waals surface area (Å²) in [5.41, 5.74) is 1.51. The lowest BCUT2D eigenvalue weighted by atomic mass is 9.86. The minimum Gasteiger partial charge on any atom is -0.314 e. The summed E-state index contributed by atoms with van der Waals surface area (Å²) >= 11 is 0. The third kappa shape index (κ3) is 1.96. The van der Waals surface area contributed by atoms with Crippen molar-refractivity contribution in [1.82, 2.24) is 0 Å². The van der Waals surface area contributed by atoms with E-state index in [1.165, 1.54) is 0 Å². The van der Waals surface area contributed by atoms with Gasteiger partial charge in [-0.2, -0.15) is 0 Å². The van der Waals surface area contributed by atoms with Crippen LogP contribution in [0.15, 0.2) is 18.2 Å². The third-order valence-corrected chi connectivity index (χ3v) is 3.78. The van der Waals surface area contributed by atoms with E-state index in [1.54, 1.807) is 30.1 Å². The van der Waals surface area contributed by atoms with Crippen LogP contribution in [0, 0.1) is 0 Å². The average molecular weight is 268 g/mol. The van der Waals surface area contributed by atoms with Gasteiger partial charge >= 0.3 is 0 Å². The van der Waals surface area contributed by atoms with Gasteiger partial charge in [0.05, 0.1) is 11.7 Å². The maximum Gasteiger partial charge on any atom is 0.236 e. The predicted molar refractivity (Wildman–Crippen MR) is 71.3 cm³/mol. The first-order chi connectivity index (χ1) is 8.13. The first-order valence-corrected chi connectivity index (χ1v) is 7.42. The topological polar surface area (TPSA) is 66.5 Å². The van der Waals surface area contributed by atoms with Gasteiger partial charge in [0.1, 0.15) is 0 Å². The molecule has 1 amide bonds. The van der Waals surface area contributed by atoms with Crippen LogP contribution < -0.4 is 9.62 Å². The fourth-order valence-corrected chi connectivity index (χ4v) is 2.81. The Kier molecular flexibility index (Phi) is 2.66. The molecule has 0 aromatic heterocycles. The van der Waals surface area contributed by atoms with Crippen LogP contribution in [-0.2, 0) is 20.2 Å². The molecular weight excluding hydrogens is 252 g/mol. The maximum atomic E-state index is 12.1.